The molecule has 2 aliphatic rings. The van der Waals surface area contributed by atoms with E-state index in [1.54, 1.807) is 0 Å². The van der Waals surface area contributed by atoms with Crippen LogP contribution in [0.15, 0.2) is 0 Å². The van der Waals surface area contributed by atoms with E-state index in [-0.39, 0.29) is 5.54 Å². The predicted molar refractivity (Wildman–Crippen MR) is 48.0 cm³/mol. The van der Waals surface area contributed by atoms with Crippen molar-refractivity contribution in [1.82, 2.24) is 4.90 Å². The molecular formula is C10H18FN. The molecule has 70 valence electrons. The van der Waals surface area contributed by atoms with Crippen LogP contribution >= 0.6 is 0 Å². The highest BCUT2D eigenvalue weighted by molar-refractivity contribution is 5.02. The van der Waals surface area contributed by atoms with Crippen molar-refractivity contribution in [3.05, 3.63) is 0 Å². The van der Waals surface area contributed by atoms with Gasteiger partial charge in [0.25, 0.3) is 0 Å². The highest BCUT2D eigenvalue weighted by Crippen LogP contribution is 2.42. The summed E-state index contributed by atoms with van der Waals surface area (Å²) in [6, 6.07) is 0. The standard InChI is InChI=1S/C10H18FN/c1-2-4-10-5-3-6-12(10)8-9(11)7-10/h9H,2-8H2,1H3. The molecule has 1 nitrogen and oxygen atoms in total. The minimum Gasteiger partial charge on any atom is -0.295 e. The van der Waals surface area contributed by atoms with Crippen molar-refractivity contribution >= 4 is 0 Å². The van der Waals surface area contributed by atoms with Crippen LogP contribution in [0.1, 0.15) is 39.0 Å². The quantitative estimate of drug-likeness (QED) is 0.616. The summed E-state index contributed by atoms with van der Waals surface area (Å²) in [6.45, 7) is 4.05. The third kappa shape index (κ3) is 1.17. The Morgan fingerprint density at radius 1 is 1.58 bits per heavy atom. The molecule has 0 N–H and O–H groups in total. The van der Waals surface area contributed by atoms with E-state index in [2.05, 4.69) is 11.8 Å². The normalized spacial score (nSPS) is 42.0. The zero-order chi connectivity index (χ0) is 8.60. The van der Waals surface area contributed by atoms with Gasteiger partial charge in [-0.05, 0) is 32.2 Å². The molecule has 2 rings (SSSR count). The Kier molecular flexibility index (Phi) is 2.11. The average Bonchev–Trinajstić information content (AvgIpc) is 2.44. The number of fused-ring (bicyclic) bond motifs is 1. The van der Waals surface area contributed by atoms with Gasteiger partial charge in [0.15, 0.2) is 0 Å². The van der Waals surface area contributed by atoms with Gasteiger partial charge in [-0.3, -0.25) is 4.90 Å². The summed E-state index contributed by atoms with van der Waals surface area (Å²) >= 11 is 0. The van der Waals surface area contributed by atoms with E-state index >= 15 is 0 Å². The second kappa shape index (κ2) is 2.99. The molecule has 2 heterocycles. The third-order valence-corrected chi connectivity index (χ3v) is 3.48. The Labute approximate surface area is 73.9 Å². The van der Waals surface area contributed by atoms with Gasteiger partial charge in [-0.25, -0.2) is 4.39 Å². The number of hydrogen-bond donors (Lipinski definition) is 0. The molecule has 12 heavy (non-hydrogen) atoms. The van der Waals surface area contributed by atoms with E-state index in [4.69, 9.17) is 0 Å². The van der Waals surface area contributed by atoms with Gasteiger partial charge in [0.1, 0.15) is 6.17 Å². The molecule has 2 atom stereocenters. The smallest absolute Gasteiger partial charge is 0.115 e. The van der Waals surface area contributed by atoms with Crippen molar-refractivity contribution < 1.29 is 4.39 Å². The molecule has 2 heteroatoms. The number of nitrogens with zero attached hydrogens (tertiary/aromatic N) is 1. The van der Waals surface area contributed by atoms with Gasteiger partial charge in [0.05, 0.1) is 0 Å². The van der Waals surface area contributed by atoms with Crippen molar-refractivity contribution in [3.63, 3.8) is 0 Å². The van der Waals surface area contributed by atoms with Crippen LogP contribution < -0.4 is 0 Å². The first kappa shape index (κ1) is 8.49. The van der Waals surface area contributed by atoms with Gasteiger partial charge < -0.3 is 0 Å². The van der Waals surface area contributed by atoms with E-state index < -0.39 is 6.17 Å². The average molecular weight is 171 g/mol. The van der Waals surface area contributed by atoms with Crippen molar-refractivity contribution in [1.29, 1.82) is 0 Å². The second-order valence-electron chi connectivity index (χ2n) is 4.33. The van der Waals surface area contributed by atoms with Crippen LogP contribution in [0.25, 0.3) is 0 Å². The molecule has 0 bridgehead atoms. The molecule has 0 aromatic rings. The predicted octanol–water partition coefficient (Wildman–Crippen LogP) is 2.36. The van der Waals surface area contributed by atoms with Gasteiger partial charge in [-0.2, -0.15) is 0 Å². The van der Waals surface area contributed by atoms with Crippen molar-refractivity contribution in [2.75, 3.05) is 13.1 Å². The molecular weight excluding hydrogens is 153 g/mol. The zero-order valence-electron chi connectivity index (χ0n) is 7.85. The number of halogens is 1. The van der Waals surface area contributed by atoms with E-state index in [1.807, 2.05) is 0 Å². The van der Waals surface area contributed by atoms with Crippen LogP contribution in [0.4, 0.5) is 4.39 Å². The molecule has 2 saturated heterocycles. The maximum atomic E-state index is 13.2. The number of alkyl halides is 1. The Bertz CT molecular complexity index is 171. The summed E-state index contributed by atoms with van der Waals surface area (Å²) < 4.78 is 13.2. The molecule has 0 aromatic carbocycles. The summed E-state index contributed by atoms with van der Waals surface area (Å²) in [5.41, 5.74) is 0.286. The van der Waals surface area contributed by atoms with Crippen molar-refractivity contribution in [2.45, 2.75) is 50.7 Å². The Balaban J connectivity index is 2.09. The molecule has 0 aliphatic carbocycles. The Hall–Kier alpha value is -0.110. The maximum absolute atomic E-state index is 13.2. The molecule has 2 unspecified atom stereocenters. The lowest BCUT2D eigenvalue weighted by molar-refractivity contribution is 0.181. The van der Waals surface area contributed by atoms with Gasteiger partial charge in [-0.1, -0.05) is 13.3 Å². The fraction of sp³-hybridized carbons (Fsp3) is 1.00. The van der Waals surface area contributed by atoms with Gasteiger partial charge in [0, 0.05) is 12.1 Å². The van der Waals surface area contributed by atoms with Crippen LogP contribution in [0.3, 0.4) is 0 Å². The van der Waals surface area contributed by atoms with Gasteiger partial charge in [-0.15, -0.1) is 0 Å². The molecule has 2 fully saturated rings. The van der Waals surface area contributed by atoms with E-state index in [9.17, 15) is 4.39 Å². The maximum Gasteiger partial charge on any atom is 0.115 e. The summed E-state index contributed by atoms with van der Waals surface area (Å²) in [7, 11) is 0. The molecule has 0 aromatic heterocycles. The topological polar surface area (TPSA) is 3.24 Å². The second-order valence-corrected chi connectivity index (χ2v) is 4.33. The number of hydrogen-bond acceptors (Lipinski definition) is 1. The van der Waals surface area contributed by atoms with Gasteiger partial charge >= 0.3 is 0 Å². The molecule has 0 amide bonds. The van der Waals surface area contributed by atoms with E-state index in [0.717, 1.165) is 13.0 Å². The fourth-order valence-corrected chi connectivity index (χ4v) is 3.08. The Morgan fingerprint density at radius 3 is 3.17 bits per heavy atom. The lowest BCUT2D eigenvalue weighted by Crippen LogP contribution is -2.37. The van der Waals surface area contributed by atoms with Gasteiger partial charge in [0.2, 0.25) is 0 Å². The lowest BCUT2D eigenvalue weighted by atomic mass is 9.89. The lowest BCUT2D eigenvalue weighted by Gasteiger charge is -2.31. The minimum absolute atomic E-state index is 0.286. The first-order chi connectivity index (χ1) is 5.77. The van der Waals surface area contributed by atoms with Crippen LogP contribution in [0.5, 0.6) is 0 Å². The zero-order valence-corrected chi connectivity index (χ0v) is 7.85. The van der Waals surface area contributed by atoms with Crippen LogP contribution in [-0.2, 0) is 0 Å². The van der Waals surface area contributed by atoms with Crippen molar-refractivity contribution in [3.8, 4) is 0 Å². The summed E-state index contributed by atoms with van der Waals surface area (Å²) in [4.78, 5) is 2.39. The largest absolute Gasteiger partial charge is 0.295 e. The minimum atomic E-state index is -0.545. The summed E-state index contributed by atoms with van der Waals surface area (Å²) in [6.07, 6.45) is 5.18. The van der Waals surface area contributed by atoms with Crippen LogP contribution in [0.2, 0.25) is 0 Å². The third-order valence-electron chi connectivity index (χ3n) is 3.48. The molecule has 0 spiro atoms. The monoisotopic (exact) mass is 171 g/mol. The molecule has 0 saturated carbocycles. The fourth-order valence-electron chi connectivity index (χ4n) is 3.08. The Morgan fingerprint density at radius 2 is 2.42 bits per heavy atom. The first-order valence-corrected chi connectivity index (χ1v) is 5.16. The molecule has 0 radical (unpaired) electrons. The van der Waals surface area contributed by atoms with E-state index in [1.165, 1.54) is 25.7 Å². The first-order valence-electron chi connectivity index (χ1n) is 5.16. The highest BCUT2D eigenvalue weighted by atomic mass is 19.1. The molecule has 2 aliphatic heterocycles. The summed E-state index contributed by atoms with van der Waals surface area (Å²) in [5, 5.41) is 0. The van der Waals surface area contributed by atoms with Crippen molar-refractivity contribution in [2.24, 2.45) is 0 Å². The SMILES string of the molecule is CCCC12CCCN1CC(F)C2. The van der Waals surface area contributed by atoms with Crippen LogP contribution in [-0.4, -0.2) is 29.7 Å². The highest BCUT2D eigenvalue weighted by Gasteiger charge is 2.47. The number of rotatable bonds is 2. The van der Waals surface area contributed by atoms with E-state index in [0.29, 0.717) is 6.54 Å². The summed E-state index contributed by atoms with van der Waals surface area (Å²) in [5.74, 6) is 0. The van der Waals surface area contributed by atoms with Crippen LogP contribution in [0, 0.1) is 0 Å².